The van der Waals surface area contributed by atoms with Crippen molar-refractivity contribution in [3.8, 4) is 0 Å². The van der Waals surface area contributed by atoms with Gasteiger partial charge in [-0.2, -0.15) is 0 Å². The van der Waals surface area contributed by atoms with Crippen LogP contribution in [0.2, 0.25) is 5.04 Å². The van der Waals surface area contributed by atoms with Gasteiger partial charge in [0.2, 0.25) is 0 Å². The Hall–Kier alpha value is -2.46. The summed E-state index contributed by atoms with van der Waals surface area (Å²) in [5.74, 6) is 0.703. The number of hydrogen-bond acceptors (Lipinski definition) is 2. The summed E-state index contributed by atoms with van der Waals surface area (Å²) in [4.78, 5) is 0. The van der Waals surface area contributed by atoms with E-state index in [2.05, 4.69) is 118 Å². The Bertz CT molecular complexity index is 1150. The smallest absolute Gasteiger partial charge is 0.261 e. The summed E-state index contributed by atoms with van der Waals surface area (Å²) in [5, 5.41) is 2.69. The molecule has 3 aromatic rings. The summed E-state index contributed by atoms with van der Waals surface area (Å²) in [5.41, 5.74) is 2.95. The van der Waals surface area contributed by atoms with Crippen LogP contribution in [-0.2, 0) is 15.6 Å². The van der Waals surface area contributed by atoms with Crippen LogP contribution in [0.25, 0.3) is 0 Å². The molecule has 2 nitrogen and oxygen atoms in total. The fraction of sp³-hybridized carbons (Fsp3) is 0.459. The van der Waals surface area contributed by atoms with Crippen LogP contribution in [0.5, 0.6) is 0 Å². The standard InChI is InChI=1S/C37H48O2Si/c1-37(2,3)40(34-20-12-6-13-21-34,35-22-14-7-15-23-35)38-27-26-31-28-33(25-24-30-16-8-4-9-17-30)39-36(29-31)32-18-10-5-11-19-32/h4,6-9,12-17,20-23,26,32-33,36H,5,10-11,18-19,24-25,27-29H2,1-3H3/b31-26-/t33-,36-/m1/s1. The van der Waals surface area contributed by atoms with Gasteiger partial charge in [-0.05, 0) is 65.4 Å². The lowest BCUT2D eigenvalue weighted by Gasteiger charge is -2.43. The van der Waals surface area contributed by atoms with E-state index in [1.54, 1.807) is 0 Å². The molecule has 2 atom stereocenters. The highest BCUT2D eigenvalue weighted by molar-refractivity contribution is 6.99. The molecule has 1 aliphatic carbocycles. The van der Waals surface area contributed by atoms with Crippen molar-refractivity contribution < 1.29 is 9.16 Å². The van der Waals surface area contributed by atoms with Crippen molar-refractivity contribution in [2.45, 2.75) is 95.8 Å². The molecule has 1 heterocycles. The number of ether oxygens (including phenoxy) is 1. The van der Waals surface area contributed by atoms with Crippen LogP contribution in [0, 0.1) is 5.92 Å². The van der Waals surface area contributed by atoms with Crippen LogP contribution in [0.1, 0.15) is 77.7 Å². The Morgan fingerprint density at radius 1 is 0.775 bits per heavy atom. The Morgan fingerprint density at radius 3 is 1.93 bits per heavy atom. The average molecular weight is 553 g/mol. The molecule has 1 saturated heterocycles. The summed E-state index contributed by atoms with van der Waals surface area (Å²) in [6.45, 7) is 7.74. The molecule has 0 N–H and O–H groups in total. The van der Waals surface area contributed by atoms with Crippen LogP contribution in [0.4, 0.5) is 0 Å². The fourth-order valence-corrected chi connectivity index (χ4v) is 11.6. The molecule has 0 spiro atoms. The molecule has 0 amide bonds. The number of hydrogen-bond donors (Lipinski definition) is 0. The third-order valence-corrected chi connectivity index (χ3v) is 14.2. The zero-order valence-corrected chi connectivity index (χ0v) is 25.9. The van der Waals surface area contributed by atoms with E-state index in [1.807, 2.05) is 0 Å². The van der Waals surface area contributed by atoms with Crippen molar-refractivity contribution in [2.75, 3.05) is 6.61 Å². The maximum atomic E-state index is 7.24. The van der Waals surface area contributed by atoms with Gasteiger partial charge in [0.1, 0.15) is 0 Å². The van der Waals surface area contributed by atoms with E-state index in [1.165, 1.54) is 53.6 Å². The van der Waals surface area contributed by atoms with Crippen LogP contribution in [0.3, 0.4) is 0 Å². The van der Waals surface area contributed by atoms with Crippen molar-refractivity contribution in [3.05, 3.63) is 108 Å². The van der Waals surface area contributed by atoms with Crippen LogP contribution >= 0.6 is 0 Å². The molecule has 212 valence electrons. The minimum absolute atomic E-state index is 0.00720. The second-order valence-corrected chi connectivity index (χ2v) is 17.3. The molecule has 0 aromatic heterocycles. The largest absolute Gasteiger partial charge is 0.404 e. The quantitative estimate of drug-likeness (QED) is 0.197. The molecule has 0 unspecified atom stereocenters. The number of benzene rings is 3. The maximum Gasteiger partial charge on any atom is 0.261 e. The maximum absolute atomic E-state index is 7.24. The number of aryl methyl sites for hydroxylation is 1. The first-order chi connectivity index (χ1) is 19.5. The van der Waals surface area contributed by atoms with Gasteiger partial charge in [0, 0.05) is 0 Å². The highest BCUT2D eigenvalue weighted by Gasteiger charge is 2.50. The molecule has 0 bridgehead atoms. The van der Waals surface area contributed by atoms with E-state index >= 15 is 0 Å². The predicted octanol–water partition coefficient (Wildman–Crippen LogP) is 8.25. The first-order valence-corrected chi connectivity index (χ1v) is 17.5. The van der Waals surface area contributed by atoms with Crippen molar-refractivity contribution >= 4 is 18.7 Å². The fourth-order valence-electron chi connectivity index (χ4n) is 7.12. The summed E-state index contributed by atoms with van der Waals surface area (Å²) < 4.78 is 14.1. The second kappa shape index (κ2) is 13.5. The molecule has 1 aliphatic heterocycles. The zero-order chi connectivity index (χ0) is 27.8. The molecular weight excluding hydrogens is 504 g/mol. The van der Waals surface area contributed by atoms with Gasteiger partial charge >= 0.3 is 0 Å². The molecule has 40 heavy (non-hydrogen) atoms. The monoisotopic (exact) mass is 552 g/mol. The van der Waals surface area contributed by atoms with Gasteiger partial charge in [0.15, 0.2) is 0 Å². The Morgan fingerprint density at radius 2 is 1.35 bits per heavy atom. The van der Waals surface area contributed by atoms with E-state index in [-0.39, 0.29) is 5.04 Å². The third kappa shape index (κ3) is 6.87. The van der Waals surface area contributed by atoms with Gasteiger partial charge in [0.25, 0.3) is 8.32 Å². The van der Waals surface area contributed by atoms with Crippen LogP contribution < -0.4 is 10.4 Å². The highest BCUT2D eigenvalue weighted by atomic mass is 28.4. The summed E-state index contributed by atoms with van der Waals surface area (Å²) >= 11 is 0. The van der Waals surface area contributed by atoms with Crippen molar-refractivity contribution in [1.29, 1.82) is 0 Å². The minimum atomic E-state index is -2.54. The zero-order valence-electron chi connectivity index (χ0n) is 24.9. The topological polar surface area (TPSA) is 18.5 Å². The first-order valence-electron chi connectivity index (χ1n) is 15.6. The summed E-state index contributed by atoms with van der Waals surface area (Å²) in [6.07, 6.45) is 14.1. The van der Waals surface area contributed by atoms with Gasteiger partial charge in [-0.15, -0.1) is 0 Å². The Labute approximate surface area is 244 Å². The van der Waals surface area contributed by atoms with Crippen molar-refractivity contribution in [2.24, 2.45) is 5.92 Å². The average Bonchev–Trinajstić information content (AvgIpc) is 2.99. The normalized spacial score (nSPS) is 21.9. The molecule has 2 fully saturated rings. The van der Waals surface area contributed by atoms with Crippen LogP contribution in [-0.4, -0.2) is 27.1 Å². The van der Waals surface area contributed by atoms with E-state index in [0.717, 1.165) is 25.7 Å². The number of rotatable bonds is 9. The van der Waals surface area contributed by atoms with E-state index in [0.29, 0.717) is 24.7 Å². The molecule has 5 rings (SSSR count). The lowest BCUT2D eigenvalue weighted by atomic mass is 9.80. The van der Waals surface area contributed by atoms with E-state index in [4.69, 9.17) is 9.16 Å². The lowest BCUT2D eigenvalue weighted by Crippen LogP contribution is -2.66. The first kappa shape index (κ1) is 29.0. The SMILES string of the molecule is CC(C)(C)[Si](OC/C=C1/C[C@@H](CCc2ccccc2)O[C@@H](C2CCCCC2)C1)(c1ccccc1)c1ccccc1. The van der Waals surface area contributed by atoms with Gasteiger partial charge in [0.05, 0.1) is 18.8 Å². The van der Waals surface area contributed by atoms with E-state index in [9.17, 15) is 0 Å². The molecule has 0 radical (unpaired) electrons. The Balaban J connectivity index is 1.38. The van der Waals surface area contributed by atoms with Gasteiger partial charge in [-0.3, -0.25) is 0 Å². The minimum Gasteiger partial charge on any atom is -0.404 e. The molecule has 1 saturated carbocycles. The predicted molar refractivity (Wildman–Crippen MR) is 171 cm³/mol. The van der Waals surface area contributed by atoms with Crippen molar-refractivity contribution in [1.82, 2.24) is 0 Å². The van der Waals surface area contributed by atoms with Gasteiger partial charge in [-0.25, -0.2) is 0 Å². The summed E-state index contributed by atoms with van der Waals surface area (Å²) in [6, 6.07) is 32.9. The molecule has 3 aromatic carbocycles. The molecular formula is C37H48O2Si. The Kier molecular flexibility index (Phi) is 9.78. The summed E-state index contributed by atoms with van der Waals surface area (Å²) in [7, 11) is -2.54. The van der Waals surface area contributed by atoms with E-state index < -0.39 is 8.32 Å². The molecule has 3 heteroatoms. The highest BCUT2D eigenvalue weighted by Crippen LogP contribution is 2.39. The van der Waals surface area contributed by atoms with Crippen LogP contribution in [0.15, 0.2) is 103 Å². The third-order valence-electron chi connectivity index (χ3n) is 9.18. The van der Waals surface area contributed by atoms with Gasteiger partial charge < -0.3 is 9.16 Å². The second-order valence-electron chi connectivity index (χ2n) is 13.0. The lowest BCUT2D eigenvalue weighted by molar-refractivity contribution is -0.0702. The van der Waals surface area contributed by atoms with Crippen molar-refractivity contribution in [3.63, 3.8) is 0 Å². The van der Waals surface area contributed by atoms with Gasteiger partial charge in [-0.1, -0.05) is 143 Å². The molecule has 2 aliphatic rings.